The second-order valence-electron chi connectivity index (χ2n) is 7.32. The van der Waals surface area contributed by atoms with Gasteiger partial charge in [-0.2, -0.15) is 10.2 Å². The summed E-state index contributed by atoms with van der Waals surface area (Å²) in [5.41, 5.74) is 0.132. The minimum Gasteiger partial charge on any atom is -0.467 e. The van der Waals surface area contributed by atoms with E-state index in [-0.39, 0.29) is 12.1 Å². The second kappa shape index (κ2) is 7.75. The molecule has 0 saturated carbocycles. The van der Waals surface area contributed by atoms with Gasteiger partial charge in [-0.05, 0) is 42.7 Å². The molecule has 0 fully saturated rings. The van der Waals surface area contributed by atoms with Crippen molar-refractivity contribution in [3.8, 4) is 0 Å². The molecular formula is C21H20ClN3O4. The molecule has 1 atom stereocenters. The fraction of sp³-hybridized carbons (Fsp3) is 0.286. The minimum absolute atomic E-state index is 0.0221. The van der Waals surface area contributed by atoms with Gasteiger partial charge in [0.15, 0.2) is 0 Å². The molecule has 1 heterocycles. The number of hydrogen-bond acceptors (Lipinski definition) is 6. The Labute approximate surface area is 173 Å². The normalized spacial score (nSPS) is 21.3. The fourth-order valence-electron chi connectivity index (χ4n) is 3.40. The maximum absolute atomic E-state index is 12.9. The topological polar surface area (TPSA) is 94.2 Å². The number of carbonyl (C=O) groups is 1. The van der Waals surface area contributed by atoms with E-state index in [4.69, 9.17) is 16.3 Å². The SMILES string of the molecule is COC(=O)C1(Cc2ccc([N+](=O)[O-])cc2)N=NC(C)(C)/C1=C/c1ccc(Cl)cc1. The second-order valence-corrected chi connectivity index (χ2v) is 7.76. The number of halogens is 1. The van der Waals surface area contributed by atoms with Crippen LogP contribution in [-0.2, 0) is 16.0 Å². The third kappa shape index (κ3) is 4.05. The van der Waals surface area contributed by atoms with E-state index >= 15 is 0 Å². The Morgan fingerprint density at radius 2 is 1.76 bits per heavy atom. The van der Waals surface area contributed by atoms with Gasteiger partial charge >= 0.3 is 5.97 Å². The molecule has 2 aromatic rings. The maximum Gasteiger partial charge on any atom is 0.340 e. The Bertz CT molecular complexity index is 998. The number of rotatable bonds is 5. The third-order valence-electron chi connectivity index (χ3n) is 4.89. The highest BCUT2D eigenvalue weighted by atomic mass is 35.5. The van der Waals surface area contributed by atoms with Crippen molar-refractivity contribution < 1.29 is 14.5 Å². The van der Waals surface area contributed by atoms with Crippen LogP contribution >= 0.6 is 11.6 Å². The summed E-state index contributed by atoms with van der Waals surface area (Å²) >= 11 is 5.98. The lowest BCUT2D eigenvalue weighted by molar-refractivity contribution is -0.384. The van der Waals surface area contributed by atoms with Crippen LogP contribution in [0.3, 0.4) is 0 Å². The van der Waals surface area contributed by atoms with Gasteiger partial charge in [0, 0.05) is 23.6 Å². The summed E-state index contributed by atoms with van der Waals surface area (Å²) in [7, 11) is 1.31. The molecule has 150 valence electrons. The van der Waals surface area contributed by atoms with Crippen LogP contribution < -0.4 is 0 Å². The van der Waals surface area contributed by atoms with E-state index in [1.807, 2.05) is 32.1 Å². The van der Waals surface area contributed by atoms with Crippen LogP contribution in [0, 0.1) is 10.1 Å². The first kappa shape index (κ1) is 20.7. The number of azo groups is 1. The molecule has 8 heteroatoms. The van der Waals surface area contributed by atoms with E-state index < -0.39 is 22.0 Å². The van der Waals surface area contributed by atoms with Gasteiger partial charge in [-0.25, -0.2) is 4.79 Å². The number of ether oxygens (including phenoxy) is 1. The van der Waals surface area contributed by atoms with Crippen molar-refractivity contribution in [2.24, 2.45) is 10.2 Å². The molecule has 0 saturated heterocycles. The van der Waals surface area contributed by atoms with Crippen molar-refractivity contribution in [2.45, 2.75) is 31.3 Å². The van der Waals surface area contributed by atoms with Gasteiger partial charge in [0.2, 0.25) is 5.54 Å². The molecule has 0 N–H and O–H groups in total. The Kier molecular flexibility index (Phi) is 5.53. The summed E-state index contributed by atoms with van der Waals surface area (Å²) in [5, 5.41) is 20.2. The Morgan fingerprint density at radius 3 is 2.31 bits per heavy atom. The molecule has 7 nitrogen and oxygen atoms in total. The van der Waals surface area contributed by atoms with Crippen molar-refractivity contribution in [3.63, 3.8) is 0 Å². The molecule has 0 radical (unpaired) electrons. The van der Waals surface area contributed by atoms with Crippen molar-refractivity contribution in [2.75, 3.05) is 7.11 Å². The molecule has 0 amide bonds. The van der Waals surface area contributed by atoms with E-state index in [9.17, 15) is 14.9 Å². The van der Waals surface area contributed by atoms with E-state index in [1.165, 1.54) is 19.2 Å². The Hall–Kier alpha value is -3.06. The molecular weight excluding hydrogens is 394 g/mol. The van der Waals surface area contributed by atoms with Crippen LogP contribution in [0.2, 0.25) is 5.02 Å². The van der Waals surface area contributed by atoms with Gasteiger partial charge in [-0.15, -0.1) is 0 Å². The van der Waals surface area contributed by atoms with Gasteiger partial charge < -0.3 is 4.74 Å². The number of nitro groups is 1. The minimum atomic E-state index is -1.35. The van der Waals surface area contributed by atoms with Gasteiger partial charge in [0.05, 0.1) is 12.0 Å². The molecule has 1 aliphatic heterocycles. The van der Waals surface area contributed by atoms with Gasteiger partial charge in [-0.3, -0.25) is 10.1 Å². The number of nitro benzene ring substituents is 1. The van der Waals surface area contributed by atoms with Crippen molar-refractivity contribution in [1.29, 1.82) is 0 Å². The Balaban J connectivity index is 2.09. The highest BCUT2D eigenvalue weighted by Crippen LogP contribution is 2.44. The fourth-order valence-corrected chi connectivity index (χ4v) is 3.53. The standard InChI is InChI=1S/C21H20ClN3O4/c1-20(2)18(12-14-4-8-16(22)9-5-14)21(24-23-20,19(26)29-3)13-15-6-10-17(11-7-15)25(27)28/h4-12H,13H2,1-3H3/b18-12-. The molecule has 29 heavy (non-hydrogen) atoms. The average molecular weight is 414 g/mol. The summed E-state index contributed by atoms with van der Waals surface area (Å²) in [4.78, 5) is 23.4. The summed E-state index contributed by atoms with van der Waals surface area (Å²) in [6.07, 6.45) is 2.04. The number of hydrogen-bond donors (Lipinski definition) is 0. The summed E-state index contributed by atoms with van der Waals surface area (Å²) in [5.74, 6) is -0.537. The van der Waals surface area contributed by atoms with Crippen LogP contribution in [-0.4, -0.2) is 29.1 Å². The van der Waals surface area contributed by atoms with E-state index in [1.54, 1.807) is 24.3 Å². The summed E-state index contributed by atoms with van der Waals surface area (Å²) in [6.45, 7) is 3.75. The molecule has 3 rings (SSSR count). The van der Waals surface area contributed by atoms with Crippen molar-refractivity contribution in [1.82, 2.24) is 0 Å². The highest BCUT2D eigenvalue weighted by molar-refractivity contribution is 6.30. The van der Waals surface area contributed by atoms with Crippen LogP contribution in [0.15, 0.2) is 64.3 Å². The van der Waals surface area contributed by atoms with Gasteiger partial charge in [0.1, 0.15) is 5.54 Å². The van der Waals surface area contributed by atoms with Crippen LogP contribution in [0.4, 0.5) is 5.69 Å². The van der Waals surface area contributed by atoms with E-state index in [2.05, 4.69) is 10.2 Å². The zero-order valence-corrected chi connectivity index (χ0v) is 17.0. The Morgan fingerprint density at radius 1 is 1.14 bits per heavy atom. The molecule has 0 bridgehead atoms. The third-order valence-corrected chi connectivity index (χ3v) is 5.14. The number of nitrogens with zero attached hydrogens (tertiary/aromatic N) is 3. The monoisotopic (exact) mass is 413 g/mol. The number of methoxy groups -OCH3 is 1. The first-order valence-corrected chi connectivity index (χ1v) is 9.30. The molecule has 0 aliphatic carbocycles. The lowest BCUT2D eigenvalue weighted by atomic mass is 9.76. The van der Waals surface area contributed by atoms with Crippen molar-refractivity contribution >= 4 is 29.3 Å². The first-order valence-electron chi connectivity index (χ1n) is 8.92. The predicted octanol–water partition coefficient (Wildman–Crippen LogP) is 5.03. The van der Waals surface area contributed by atoms with Crippen LogP contribution in [0.25, 0.3) is 6.08 Å². The quantitative estimate of drug-likeness (QED) is 0.390. The van der Waals surface area contributed by atoms with E-state index in [0.717, 1.165) is 5.56 Å². The van der Waals surface area contributed by atoms with Crippen molar-refractivity contribution in [3.05, 3.63) is 80.4 Å². The predicted molar refractivity (Wildman–Crippen MR) is 110 cm³/mol. The number of esters is 1. The molecule has 1 unspecified atom stereocenters. The first-order chi connectivity index (χ1) is 13.7. The summed E-state index contributed by atoms with van der Waals surface area (Å²) < 4.78 is 5.09. The lowest BCUT2D eigenvalue weighted by Crippen LogP contribution is -2.43. The molecule has 2 aromatic carbocycles. The van der Waals surface area contributed by atoms with Crippen LogP contribution in [0.5, 0.6) is 0 Å². The zero-order valence-electron chi connectivity index (χ0n) is 16.3. The van der Waals surface area contributed by atoms with Gasteiger partial charge in [-0.1, -0.05) is 41.9 Å². The molecule has 0 spiro atoms. The molecule has 1 aliphatic rings. The van der Waals surface area contributed by atoms with Gasteiger partial charge in [0.25, 0.3) is 5.69 Å². The number of non-ortho nitro benzene ring substituents is 1. The largest absolute Gasteiger partial charge is 0.467 e. The van der Waals surface area contributed by atoms with Crippen LogP contribution in [0.1, 0.15) is 25.0 Å². The average Bonchev–Trinajstić information content (AvgIpc) is 2.95. The van der Waals surface area contributed by atoms with E-state index in [0.29, 0.717) is 16.2 Å². The maximum atomic E-state index is 12.9. The highest BCUT2D eigenvalue weighted by Gasteiger charge is 2.53. The zero-order chi connectivity index (χ0) is 21.2. The molecule has 0 aromatic heterocycles. The smallest absolute Gasteiger partial charge is 0.340 e. The summed E-state index contributed by atoms with van der Waals surface area (Å²) in [6, 6.07) is 13.3. The number of benzene rings is 2. The number of carbonyl (C=O) groups excluding carboxylic acids is 1. The lowest BCUT2D eigenvalue weighted by Gasteiger charge is -2.28.